The first-order valence-corrected chi connectivity index (χ1v) is 4.94. The largest absolute Gasteiger partial charge is 0.493 e. The van der Waals surface area contributed by atoms with Crippen LogP contribution in [0.5, 0.6) is 5.75 Å². The lowest BCUT2D eigenvalue weighted by Crippen LogP contribution is -2.19. The van der Waals surface area contributed by atoms with Crippen LogP contribution in [0.4, 0.5) is 13.2 Å². The van der Waals surface area contributed by atoms with E-state index in [1.807, 2.05) is 0 Å². The Hall–Kier alpha value is -1.19. The average Bonchev–Trinajstić information content (AvgIpc) is 2.11. The van der Waals surface area contributed by atoms with Gasteiger partial charge in [0.05, 0.1) is 6.61 Å². The Balaban J connectivity index is 2.01. The van der Waals surface area contributed by atoms with Crippen molar-refractivity contribution >= 4 is 0 Å². The molecule has 0 spiro atoms. The van der Waals surface area contributed by atoms with Crippen LogP contribution >= 0.6 is 0 Å². The highest BCUT2D eigenvalue weighted by atomic mass is 19.2. The normalized spacial score (nSPS) is 16.2. The van der Waals surface area contributed by atoms with Crippen molar-refractivity contribution < 1.29 is 17.9 Å². The Labute approximate surface area is 85.9 Å². The van der Waals surface area contributed by atoms with Gasteiger partial charge in [-0.2, -0.15) is 0 Å². The van der Waals surface area contributed by atoms with Crippen LogP contribution < -0.4 is 4.74 Å². The highest BCUT2D eigenvalue weighted by molar-refractivity contribution is 5.25. The minimum absolute atomic E-state index is 0.0540. The van der Waals surface area contributed by atoms with Gasteiger partial charge >= 0.3 is 0 Å². The molecular formula is C11H11F3O. The number of rotatable bonds is 3. The van der Waals surface area contributed by atoms with Crippen molar-refractivity contribution in [3.8, 4) is 5.75 Å². The van der Waals surface area contributed by atoms with Crippen molar-refractivity contribution in [1.29, 1.82) is 0 Å². The van der Waals surface area contributed by atoms with Gasteiger partial charge in [-0.15, -0.1) is 0 Å². The van der Waals surface area contributed by atoms with Crippen LogP contribution in [0.1, 0.15) is 19.3 Å². The van der Waals surface area contributed by atoms with Crippen LogP contribution in [-0.2, 0) is 0 Å². The molecule has 1 aliphatic rings. The van der Waals surface area contributed by atoms with E-state index in [2.05, 4.69) is 0 Å². The molecule has 82 valence electrons. The molecule has 15 heavy (non-hydrogen) atoms. The molecule has 0 radical (unpaired) electrons. The van der Waals surface area contributed by atoms with Crippen LogP contribution in [0.25, 0.3) is 0 Å². The molecule has 0 atom stereocenters. The van der Waals surface area contributed by atoms with Crippen LogP contribution in [0.2, 0.25) is 0 Å². The Morgan fingerprint density at radius 3 is 2.20 bits per heavy atom. The van der Waals surface area contributed by atoms with Gasteiger partial charge in [0.15, 0.2) is 17.5 Å². The standard InChI is InChI=1S/C11H11F3O/c12-9-4-8(5-10(13)11(9)14)15-6-7-2-1-3-7/h4-5,7H,1-3,6H2. The molecule has 0 amide bonds. The fraction of sp³-hybridized carbons (Fsp3) is 0.455. The maximum atomic E-state index is 12.8. The zero-order valence-corrected chi connectivity index (χ0v) is 8.10. The number of benzene rings is 1. The van der Waals surface area contributed by atoms with Gasteiger partial charge in [0, 0.05) is 12.1 Å². The third kappa shape index (κ3) is 2.25. The van der Waals surface area contributed by atoms with Crippen LogP contribution in [0, 0.1) is 23.4 Å². The summed E-state index contributed by atoms with van der Waals surface area (Å²) in [4.78, 5) is 0. The van der Waals surface area contributed by atoms with Crippen LogP contribution in [0.15, 0.2) is 12.1 Å². The van der Waals surface area contributed by atoms with Crippen LogP contribution in [0.3, 0.4) is 0 Å². The van der Waals surface area contributed by atoms with Crippen molar-refractivity contribution in [2.24, 2.45) is 5.92 Å². The highest BCUT2D eigenvalue weighted by Crippen LogP contribution is 2.27. The van der Waals surface area contributed by atoms with Gasteiger partial charge in [-0.3, -0.25) is 0 Å². The Bertz CT molecular complexity index is 338. The summed E-state index contributed by atoms with van der Waals surface area (Å²) in [5.41, 5.74) is 0. The summed E-state index contributed by atoms with van der Waals surface area (Å²) in [7, 11) is 0. The van der Waals surface area contributed by atoms with Gasteiger partial charge in [0.1, 0.15) is 5.75 Å². The summed E-state index contributed by atoms with van der Waals surface area (Å²) in [6.07, 6.45) is 3.36. The van der Waals surface area contributed by atoms with E-state index in [1.165, 1.54) is 6.42 Å². The molecule has 1 aliphatic carbocycles. The zero-order valence-electron chi connectivity index (χ0n) is 8.10. The van der Waals surface area contributed by atoms with Gasteiger partial charge < -0.3 is 4.74 Å². The second kappa shape index (κ2) is 4.13. The molecule has 0 heterocycles. The molecule has 0 unspecified atom stereocenters. The molecule has 2 rings (SSSR count). The SMILES string of the molecule is Fc1cc(OCC2CCC2)cc(F)c1F. The van der Waals surface area contributed by atoms with E-state index >= 15 is 0 Å². The third-order valence-electron chi connectivity index (χ3n) is 2.67. The third-order valence-corrected chi connectivity index (χ3v) is 2.67. The van der Waals surface area contributed by atoms with Gasteiger partial charge in [-0.05, 0) is 18.8 Å². The summed E-state index contributed by atoms with van der Waals surface area (Å²) < 4.78 is 43.3. The summed E-state index contributed by atoms with van der Waals surface area (Å²) in [6.45, 7) is 0.449. The fourth-order valence-electron chi connectivity index (χ4n) is 1.49. The molecule has 4 heteroatoms. The first-order chi connectivity index (χ1) is 7.16. The van der Waals surface area contributed by atoms with E-state index in [-0.39, 0.29) is 5.75 Å². The van der Waals surface area contributed by atoms with Gasteiger partial charge in [-0.25, -0.2) is 13.2 Å². The second-order valence-corrected chi connectivity index (χ2v) is 3.81. The highest BCUT2D eigenvalue weighted by Gasteiger charge is 2.18. The summed E-state index contributed by atoms with van der Waals surface area (Å²) in [5, 5.41) is 0. The monoisotopic (exact) mass is 216 g/mol. The van der Waals surface area contributed by atoms with Gasteiger partial charge in [-0.1, -0.05) is 6.42 Å². The molecule has 0 bridgehead atoms. The van der Waals surface area contributed by atoms with Crippen molar-refractivity contribution in [3.05, 3.63) is 29.6 Å². The summed E-state index contributed by atoms with van der Waals surface area (Å²) in [5.74, 6) is -3.34. The van der Waals surface area contributed by atoms with E-state index in [9.17, 15) is 13.2 Å². The molecular weight excluding hydrogens is 205 g/mol. The van der Waals surface area contributed by atoms with E-state index < -0.39 is 17.5 Å². The average molecular weight is 216 g/mol. The molecule has 1 aromatic carbocycles. The Kier molecular flexibility index (Phi) is 2.84. The second-order valence-electron chi connectivity index (χ2n) is 3.81. The van der Waals surface area contributed by atoms with Crippen LogP contribution in [-0.4, -0.2) is 6.61 Å². The number of halogens is 3. The van der Waals surface area contributed by atoms with Gasteiger partial charge in [0.2, 0.25) is 0 Å². The van der Waals surface area contributed by atoms with Crippen molar-refractivity contribution in [2.45, 2.75) is 19.3 Å². The molecule has 1 nitrogen and oxygen atoms in total. The van der Waals surface area contributed by atoms with E-state index in [0.717, 1.165) is 25.0 Å². The Morgan fingerprint density at radius 1 is 1.13 bits per heavy atom. The van der Waals surface area contributed by atoms with E-state index in [0.29, 0.717) is 12.5 Å². The van der Waals surface area contributed by atoms with Crippen molar-refractivity contribution in [1.82, 2.24) is 0 Å². The minimum atomic E-state index is -1.45. The molecule has 0 N–H and O–H groups in total. The molecule has 1 saturated carbocycles. The molecule has 0 saturated heterocycles. The molecule has 0 aromatic heterocycles. The van der Waals surface area contributed by atoms with Crippen molar-refractivity contribution in [2.75, 3.05) is 6.61 Å². The summed E-state index contributed by atoms with van der Waals surface area (Å²) >= 11 is 0. The van der Waals surface area contributed by atoms with Crippen molar-refractivity contribution in [3.63, 3.8) is 0 Å². The lowest BCUT2D eigenvalue weighted by Gasteiger charge is -2.25. The first-order valence-electron chi connectivity index (χ1n) is 4.94. The molecule has 0 aliphatic heterocycles. The maximum absolute atomic E-state index is 12.8. The van der Waals surface area contributed by atoms with Gasteiger partial charge in [0.25, 0.3) is 0 Å². The molecule has 1 aromatic rings. The van der Waals surface area contributed by atoms with E-state index in [1.54, 1.807) is 0 Å². The quantitative estimate of drug-likeness (QED) is 0.704. The first kappa shape index (κ1) is 10.3. The number of hydrogen-bond donors (Lipinski definition) is 0. The lowest BCUT2D eigenvalue weighted by atomic mass is 9.86. The topological polar surface area (TPSA) is 9.23 Å². The lowest BCUT2D eigenvalue weighted by molar-refractivity contribution is 0.179. The maximum Gasteiger partial charge on any atom is 0.194 e. The fourth-order valence-corrected chi connectivity index (χ4v) is 1.49. The predicted octanol–water partition coefficient (Wildman–Crippen LogP) is 3.28. The number of hydrogen-bond acceptors (Lipinski definition) is 1. The summed E-state index contributed by atoms with van der Waals surface area (Å²) in [6, 6.07) is 1.74. The zero-order chi connectivity index (χ0) is 10.8. The number of ether oxygens (including phenoxy) is 1. The molecule has 1 fully saturated rings. The smallest absolute Gasteiger partial charge is 0.194 e. The predicted molar refractivity (Wildman–Crippen MR) is 49.2 cm³/mol. The van der Waals surface area contributed by atoms with E-state index in [4.69, 9.17) is 4.74 Å². The Morgan fingerprint density at radius 2 is 1.73 bits per heavy atom. The minimum Gasteiger partial charge on any atom is -0.493 e.